The number of carbonyl (C=O) groups excluding carboxylic acids is 1. The van der Waals surface area contributed by atoms with Crippen molar-refractivity contribution >= 4 is 17.7 Å². The average molecular weight is 468 g/mol. The summed E-state index contributed by atoms with van der Waals surface area (Å²) in [5.41, 5.74) is 2.24. The number of ether oxygens (including phenoxy) is 3. The molecule has 2 aromatic carbocycles. The fourth-order valence-electron chi connectivity index (χ4n) is 4.58. The summed E-state index contributed by atoms with van der Waals surface area (Å²) in [5.74, 6) is 1.81. The van der Waals surface area contributed by atoms with Gasteiger partial charge in [0.1, 0.15) is 31.4 Å². The second-order valence-electron chi connectivity index (χ2n) is 8.73. The molecule has 0 spiro atoms. The molecule has 1 fully saturated rings. The van der Waals surface area contributed by atoms with E-state index in [0.29, 0.717) is 36.6 Å². The van der Waals surface area contributed by atoms with Gasteiger partial charge in [-0.25, -0.2) is 4.39 Å². The zero-order valence-electron chi connectivity index (χ0n) is 19.2. The number of unbranched alkanes of at least 4 members (excludes halogenated alkanes) is 1. The van der Waals surface area contributed by atoms with Crippen molar-refractivity contribution in [1.82, 2.24) is 10.2 Å². The lowest BCUT2D eigenvalue weighted by molar-refractivity contribution is -0.117. The lowest BCUT2D eigenvalue weighted by Gasteiger charge is -2.37. The Morgan fingerprint density at radius 1 is 0.971 bits per heavy atom. The molecule has 0 aliphatic carbocycles. The number of benzene rings is 2. The van der Waals surface area contributed by atoms with Crippen LogP contribution in [-0.2, 0) is 4.79 Å². The molecule has 3 heterocycles. The number of carbonyl (C=O) groups is 1. The molecule has 3 aliphatic heterocycles. The highest BCUT2D eigenvalue weighted by Gasteiger charge is 2.23. The zero-order valence-corrected chi connectivity index (χ0v) is 19.2. The number of para-hydroxylation sites is 1. The third kappa shape index (κ3) is 5.12. The highest BCUT2D eigenvalue weighted by molar-refractivity contribution is 5.99. The molecule has 180 valence electrons. The SMILES string of the molecule is O=C(NCCCCN1CCN(c2cccc3c2OCCO3)CC1)C1=Cc2cc(F)ccc2OC1. The normalized spacial score (nSPS) is 17.4. The van der Waals surface area contributed by atoms with Gasteiger partial charge in [-0.2, -0.15) is 0 Å². The van der Waals surface area contributed by atoms with Gasteiger partial charge in [-0.05, 0) is 55.8 Å². The number of anilines is 1. The number of nitrogens with zero attached hydrogens (tertiary/aromatic N) is 2. The molecule has 0 atom stereocenters. The number of fused-ring (bicyclic) bond motifs is 2. The Morgan fingerprint density at radius 3 is 2.71 bits per heavy atom. The molecule has 0 unspecified atom stereocenters. The monoisotopic (exact) mass is 467 g/mol. The number of amides is 1. The summed E-state index contributed by atoms with van der Waals surface area (Å²) < 4.78 is 30.6. The molecule has 7 nitrogen and oxygen atoms in total. The first kappa shape index (κ1) is 22.5. The van der Waals surface area contributed by atoms with Gasteiger partial charge < -0.3 is 24.4 Å². The Balaban J connectivity index is 1.02. The van der Waals surface area contributed by atoms with Gasteiger partial charge in [-0.3, -0.25) is 9.69 Å². The molecule has 1 saturated heterocycles. The van der Waals surface area contributed by atoms with Crippen LogP contribution in [0.5, 0.6) is 17.2 Å². The molecule has 5 rings (SSSR count). The van der Waals surface area contributed by atoms with Gasteiger partial charge in [0.15, 0.2) is 11.5 Å². The molecular formula is C26H30FN3O4. The van der Waals surface area contributed by atoms with Crippen LogP contribution in [0.15, 0.2) is 42.0 Å². The first-order chi connectivity index (χ1) is 16.7. The summed E-state index contributed by atoms with van der Waals surface area (Å²) in [5, 5.41) is 2.96. The second kappa shape index (κ2) is 10.3. The van der Waals surface area contributed by atoms with Gasteiger partial charge in [0, 0.05) is 38.3 Å². The maximum absolute atomic E-state index is 13.4. The summed E-state index contributed by atoms with van der Waals surface area (Å²) in [6.45, 7) is 6.92. The second-order valence-corrected chi connectivity index (χ2v) is 8.73. The van der Waals surface area contributed by atoms with Crippen LogP contribution in [0.3, 0.4) is 0 Å². The number of halogens is 1. The van der Waals surface area contributed by atoms with Crippen LogP contribution >= 0.6 is 0 Å². The van der Waals surface area contributed by atoms with Crippen molar-refractivity contribution in [1.29, 1.82) is 0 Å². The van der Waals surface area contributed by atoms with E-state index in [-0.39, 0.29) is 18.3 Å². The van der Waals surface area contributed by atoms with E-state index in [9.17, 15) is 9.18 Å². The van der Waals surface area contributed by atoms with Gasteiger partial charge in [0.2, 0.25) is 0 Å². The Labute approximate surface area is 199 Å². The van der Waals surface area contributed by atoms with E-state index in [1.54, 1.807) is 12.1 Å². The van der Waals surface area contributed by atoms with Gasteiger partial charge in [-0.15, -0.1) is 0 Å². The Kier molecular flexibility index (Phi) is 6.85. The van der Waals surface area contributed by atoms with Crippen LogP contribution in [0.1, 0.15) is 18.4 Å². The molecule has 0 bridgehead atoms. The molecule has 0 aromatic heterocycles. The average Bonchev–Trinajstić information content (AvgIpc) is 2.88. The molecule has 1 N–H and O–H groups in total. The van der Waals surface area contributed by atoms with Crippen molar-refractivity contribution in [2.75, 3.05) is 64.0 Å². The predicted octanol–water partition coefficient (Wildman–Crippen LogP) is 3.09. The van der Waals surface area contributed by atoms with Crippen molar-refractivity contribution in [3.8, 4) is 17.2 Å². The third-order valence-corrected chi connectivity index (χ3v) is 6.42. The van der Waals surface area contributed by atoms with Gasteiger partial charge in [0.25, 0.3) is 5.91 Å². The molecule has 0 saturated carbocycles. The highest BCUT2D eigenvalue weighted by atomic mass is 19.1. The minimum Gasteiger partial charge on any atom is -0.488 e. The number of nitrogens with one attached hydrogen (secondary N) is 1. The van der Waals surface area contributed by atoms with E-state index in [1.807, 2.05) is 12.1 Å². The maximum atomic E-state index is 13.4. The van der Waals surface area contributed by atoms with Crippen molar-refractivity contribution in [3.63, 3.8) is 0 Å². The van der Waals surface area contributed by atoms with E-state index in [1.165, 1.54) is 12.1 Å². The summed E-state index contributed by atoms with van der Waals surface area (Å²) in [6.07, 6.45) is 3.63. The van der Waals surface area contributed by atoms with Crippen LogP contribution in [-0.4, -0.2) is 69.9 Å². The third-order valence-electron chi connectivity index (χ3n) is 6.42. The standard InChI is InChI=1S/C26H30FN3O4/c27-21-6-7-23-19(17-21)16-20(18-34-23)26(31)28-8-1-2-9-29-10-12-30(13-11-29)22-4-3-5-24-25(22)33-15-14-32-24/h3-7,16-17H,1-2,8-15,18H2,(H,28,31). The molecule has 8 heteroatoms. The molecule has 0 radical (unpaired) electrons. The minimum atomic E-state index is -0.341. The summed E-state index contributed by atoms with van der Waals surface area (Å²) >= 11 is 0. The highest BCUT2D eigenvalue weighted by Crippen LogP contribution is 2.39. The van der Waals surface area contributed by atoms with E-state index in [4.69, 9.17) is 14.2 Å². The summed E-state index contributed by atoms with van der Waals surface area (Å²) in [7, 11) is 0. The van der Waals surface area contributed by atoms with E-state index < -0.39 is 0 Å². The summed E-state index contributed by atoms with van der Waals surface area (Å²) in [4.78, 5) is 17.3. The Hall–Kier alpha value is -3.26. The number of piperazine rings is 1. The van der Waals surface area contributed by atoms with Crippen molar-refractivity contribution in [2.24, 2.45) is 0 Å². The van der Waals surface area contributed by atoms with E-state index >= 15 is 0 Å². The maximum Gasteiger partial charge on any atom is 0.250 e. The quantitative estimate of drug-likeness (QED) is 0.632. The van der Waals surface area contributed by atoms with Crippen molar-refractivity contribution in [3.05, 3.63) is 53.4 Å². The fourth-order valence-corrected chi connectivity index (χ4v) is 4.58. The predicted molar refractivity (Wildman–Crippen MR) is 128 cm³/mol. The smallest absolute Gasteiger partial charge is 0.250 e. The lowest BCUT2D eigenvalue weighted by Crippen LogP contribution is -2.47. The zero-order chi connectivity index (χ0) is 23.3. The molecule has 2 aromatic rings. The molecule has 34 heavy (non-hydrogen) atoms. The van der Waals surface area contributed by atoms with Gasteiger partial charge in [0.05, 0.1) is 11.3 Å². The minimum absolute atomic E-state index is 0.152. The van der Waals surface area contributed by atoms with Crippen LogP contribution in [0.25, 0.3) is 6.08 Å². The van der Waals surface area contributed by atoms with E-state index in [0.717, 1.165) is 62.8 Å². The fraction of sp³-hybridized carbons (Fsp3) is 0.423. The van der Waals surface area contributed by atoms with E-state index in [2.05, 4.69) is 21.2 Å². The van der Waals surface area contributed by atoms with Crippen molar-refractivity contribution < 1.29 is 23.4 Å². The molecule has 1 amide bonds. The number of hydrogen-bond donors (Lipinski definition) is 1. The largest absolute Gasteiger partial charge is 0.488 e. The first-order valence-corrected chi connectivity index (χ1v) is 11.9. The lowest BCUT2D eigenvalue weighted by atomic mass is 10.1. The Morgan fingerprint density at radius 2 is 1.82 bits per heavy atom. The number of hydrogen-bond acceptors (Lipinski definition) is 6. The molecule has 3 aliphatic rings. The van der Waals surface area contributed by atoms with Gasteiger partial charge in [-0.1, -0.05) is 6.07 Å². The summed E-state index contributed by atoms with van der Waals surface area (Å²) in [6, 6.07) is 10.4. The van der Waals surface area contributed by atoms with Crippen molar-refractivity contribution in [2.45, 2.75) is 12.8 Å². The Bertz CT molecular complexity index is 1070. The number of rotatable bonds is 7. The van der Waals surface area contributed by atoms with Crippen LogP contribution < -0.4 is 24.4 Å². The van der Waals surface area contributed by atoms with Gasteiger partial charge >= 0.3 is 0 Å². The van der Waals surface area contributed by atoms with Crippen LogP contribution in [0.4, 0.5) is 10.1 Å². The van der Waals surface area contributed by atoms with Crippen LogP contribution in [0, 0.1) is 5.82 Å². The first-order valence-electron chi connectivity index (χ1n) is 11.9. The topological polar surface area (TPSA) is 63.3 Å². The molecular weight excluding hydrogens is 437 g/mol. The van der Waals surface area contributed by atoms with Crippen LogP contribution in [0.2, 0.25) is 0 Å².